The average Bonchev–Trinajstić information content (AvgIpc) is 3.27. The van der Waals surface area contributed by atoms with Gasteiger partial charge in [0.15, 0.2) is 5.82 Å². The number of carbonyl (C=O) groups excluding carboxylic acids is 1. The van der Waals surface area contributed by atoms with E-state index in [-0.39, 0.29) is 0 Å². The number of allylic oxidation sites excluding steroid dienone is 1. The summed E-state index contributed by atoms with van der Waals surface area (Å²) < 4.78 is 22.0. The SMILES string of the molecule is COc1ccccc1NC(=O)C1=C(C)Nc2nc(-c3cccc(C)c3)nn2C1c1ccccc1F. The van der Waals surface area contributed by atoms with Crippen LogP contribution in [0.25, 0.3) is 11.4 Å². The fourth-order valence-electron chi connectivity index (χ4n) is 4.27. The van der Waals surface area contributed by atoms with Crippen molar-refractivity contribution in [2.24, 2.45) is 0 Å². The maximum absolute atomic E-state index is 15.1. The van der Waals surface area contributed by atoms with Crippen LogP contribution in [0.2, 0.25) is 0 Å². The van der Waals surface area contributed by atoms with Crippen LogP contribution >= 0.6 is 0 Å². The smallest absolute Gasteiger partial charge is 0.255 e. The van der Waals surface area contributed by atoms with Crippen LogP contribution in [0.15, 0.2) is 84.1 Å². The highest BCUT2D eigenvalue weighted by Gasteiger charge is 2.36. The van der Waals surface area contributed by atoms with Crippen molar-refractivity contribution in [3.63, 3.8) is 0 Å². The van der Waals surface area contributed by atoms with Gasteiger partial charge in [-0.15, -0.1) is 5.10 Å². The summed E-state index contributed by atoms with van der Waals surface area (Å²) in [5.74, 6) is 0.602. The number of methoxy groups -OCH3 is 1. The van der Waals surface area contributed by atoms with Gasteiger partial charge in [-0.25, -0.2) is 9.07 Å². The van der Waals surface area contributed by atoms with Crippen LogP contribution in [0, 0.1) is 12.7 Å². The lowest BCUT2D eigenvalue weighted by molar-refractivity contribution is -0.113. The van der Waals surface area contributed by atoms with E-state index < -0.39 is 17.8 Å². The van der Waals surface area contributed by atoms with Crippen molar-refractivity contribution in [1.82, 2.24) is 14.8 Å². The molecule has 0 saturated heterocycles. The maximum Gasteiger partial charge on any atom is 0.255 e. The third-order valence-electron chi connectivity index (χ3n) is 5.93. The normalized spacial score (nSPS) is 14.8. The highest BCUT2D eigenvalue weighted by atomic mass is 19.1. The summed E-state index contributed by atoms with van der Waals surface area (Å²) in [5, 5.41) is 10.8. The number of nitrogens with zero attached hydrogens (tertiary/aromatic N) is 3. The molecule has 0 fully saturated rings. The average molecular weight is 470 g/mol. The van der Waals surface area contributed by atoms with Gasteiger partial charge >= 0.3 is 0 Å². The first-order valence-corrected chi connectivity index (χ1v) is 11.2. The summed E-state index contributed by atoms with van der Waals surface area (Å²) in [6, 6.07) is 20.5. The lowest BCUT2D eigenvalue weighted by atomic mass is 9.94. The van der Waals surface area contributed by atoms with E-state index in [9.17, 15) is 4.79 Å². The molecule has 2 N–H and O–H groups in total. The first-order chi connectivity index (χ1) is 17.0. The Morgan fingerprint density at radius 1 is 1.06 bits per heavy atom. The second kappa shape index (κ2) is 9.06. The zero-order valence-electron chi connectivity index (χ0n) is 19.5. The van der Waals surface area contributed by atoms with Gasteiger partial charge in [0, 0.05) is 16.8 Å². The van der Waals surface area contributed by atoms with Gasteiger partial charge in [0.2, 0.25) is 5.95 Å². The minimum absolute atomic E-state index is 0.320. The molecule has 2 heterocycles. The van der Waals surface area contributed by atoms with E-state index >= 15 is 4.39 Å². The number of aryl methyl sites for hydroxylation is 1. The number of rotatable bonds is 5. The molecule has 0 aliphatic carbocycles. The minimum Gasteiger partial charge on any atom is -0.495 e. The summed E-state index contributed by atoms with van der Waals surface area (Å²) >= 11 is 0. The van der Waals surface area contributed by atoms with Crippen molar-refractivity contribution >= 4 is 17.5 Å². The van der Waals surface area contributed by atoms with Crippen molar-refractivity contribution in [3.8, 4) is 17.1 Å². The molecule has 8 heteroatoms. The summed E-state index contributed by atoms with van der Waals surface area (Å²) in [6.07, 6.45) is 0. The van der Waals surface area contributed by atoms with Crippen LogP contribution in [0.4, 0.5) is 16.0 Å². The molecule has 7 nitrogen and oxygen atoms in total. The number of para-hydroxylation sites is 2. The van der Waals surface area contributed by atoms with Crippen molar-refractivity contribution in [2.75, 3.05) is 17.7 Å². The molecule has 0 bridgehead atoms. The monoisotopic (exact) mass is 469 g/mol. The van der Waals surface area contributed by atoms with Crippen LogP contribution in [0.1, 0.15) is 24.1 Å². The van der Waals surface area contributed by atoms with E-state index in [4.69, 9.17) is 9.84 Å². The number of fused-ring (bicyclic) bond motifs is 1. The van der Waals surface area contributed by atoms with Gasteiger partial charge in [0.1, 0.15) is 17.6 Å². The van der Waals surface area contributed by atoms with Gasteiger partial charge in [0.05, 0.1) is 18.4 Å². The lowest BCUT2D eigenvalue weighted by Crippen LogP contribution is -2.32. The van der Waals surface area contributed by atoms with Gasteiger partial charge in [-0.3, -0.25) is 4.79 Å². The summed E-state index contributed by atoms with van der Waals surface area (Å²) in [7, 11) is 1.54. The van der Waals surface area contributed by atoms with Gasteiger partial charge in [0.25, 0.3) is 5.91 Å². The van der Waals surface area contributed by atoms with E-state index in [1.165, 1.54) is 13.2 Å². The Morgan fingerprint density at radius 3 is 2.60 bits per heavy atom. The molecule has 176 valence electrons. The zero-order chi connectivity index (χ0) is 24.5. The van der Waals surface area contributed by atoms with E-state index in [1.807, 2.05) is 37.3 Å². The van der Waals surface area contributed by atoms with Crippen molar-refractivity contribution in [2.45, 2.75) is 19.9 Å². The Labute approximate surface area is 202 Å². The topological polar surface area (TPSA) is 81.1 Å². The molecule has 0 spiro atoms. The lowest BCUT2D eigenvalue weighted by Gasteiger charge is -2.29. The molecule has 0 saturated carbocycles. The van der Waals surface area contributed by atoms with Crippen LogP contribution in [0.5, 0.6) is 5.75 Å². The predicted molar refractivity (Wildman–Crippen MR) is 133 cm³/mol. The molecular weight excluding hydrogens is 445 g/mol. The van der Waals surface area contributed by atoms with Crippen molar-refractivity contribution < 1.29 is 13.9 Å². The number of hydrogen-bond acceptors (Lipinski definition) is 5. The highest BCUT2D eigenvalue weighted by Crippen LogP contribution is 2.38. The summed E-state index contributed by atoms with van der Waals surface area (Å²) in [4.78, 5) is 18.3. The second-order valence-corrected chi connectivity index (χ2v) is 8.32. The number of hydrogen-bond donors (Lipinski definition) is 2. The molecule has 35 heavy (non-hydrogen) atoms. The Morgan fingerprint density at radius 2 is 1.83 bits per heavy atom. The number of ether oxygens (including phenoxy) is 1. The van der Waals surface area contributed by atoms with Crippen molar-refractivity contribution in [3.05, 3.63) is 101 Å². The number of aromatic nitrogens is 3. The van der Waals surface area contributed by atoms with E-state index in [0.29, 0.717) is 40.0 Å². The number of carbonyl (C=O) groups is 1. The molecular formula is C27H24FN5O2. The molecule has 5 rings (SSSR count). The van der Waals surface area contributed by atoms with Gasteiger partial charge in [-0.1, -0.05) is 54.1 Å². The van der Waals surface area contributed by atoms with Crippen LogP contribution in [-0.2, 0) is 4.79 Å². The van der Waals surface area contributed by atoms with Gasteiger partial charge < -0.3 is 15.4 Å². The molecule has 3 aromatic carbocycles. The first-order valence-electron chi connectivity index (χ1n) is 11.2. The number of amides is 1. The van der Waals surface area contributed by atoms with E-state index in [2.05, 4.69) is 15.6 Å². The Balaban J connectivity index is 1.62. The molecule has 1 aliphatic rings. The number of anilines is 2. The predicted octanol–water partition coefficient (Wildman–Crippen LogP) is 5.33. The van der Waals surface area contributed by atoms with Crippen LogP contribution in [-0.4, -0.2) is 27.8 Å². The third kappa shape index (κ3) is 4.14. The first kappa shape index (κ1) is 22.3. The van der Waals surface area contributed by atoms with E-state index in [0.717, 1.165) is 11.1 Å². The molecule has 0 radical (unpaired) electrons. The third-order valence-corrected chi connectivity index (χ3v) is 5.93. The van der Waals surface area contributed by atoms with Crippen LogP contribution < -0.4 is 15.4 Å². The molecule has 1 amide bonds. The minimum atomic E-state index is -0.826. The number of benzene rings is 3. The maximum atomic E-state index is 15.1. The quantitative estimate of drug-likeness (QED) is 0.413. The van der Waals surface area contributed by atoms with Crippen LogP contribution in [0.3, 0.4) is 0 Å². The Hall–Kier alpha value is -4.46. The Bertz CT molecular complexity index is 1460. The molecule has 1 unspecified atom stereocenters. The number of halogens is 1. The highest BCUT2D eigenvalue weighted by molar-refractivity contribution is 6.06. The van der Waals surface area contributed by atoms with E-state index in [1.54, 1.807) is 48.0 Å². The number of nitrogens with one attached hydrogen (secondary N) is 2. The van der Waals surface area contributed by atoms with Crippen molar-refractivity contribution in [1.29, 1.82) is 0 Å². The molecule has 1 aliphatic heterocycles. The summed E-state index contributed by atoms with van der Waals surface area (Å²) in [5.41, 5.74) is 3.62. The fraction of sp³-hybridized carbons (Fsp3) is 0.148. The fourth-order valence-corrected chi connectivity index (χ4v) is 4.27. The molecule has 4 aromatic rings. The Kier molecular flexibility index (Phi) is 5.78. The van der Waals surface area contributed by atoms with Gasteiger partial charge in [-0.05, 0) is 38.1 Å². The standard InChI is InChI=1S/C27H24FN5O2/c1-16-9-8-10-18(15-16)25-31-27-29-17(2)23(26(34)30-21-13-6-7-14-22(21)35-3)24(33(27)32-25)19-11-4-5-12-20(19)28/h4-15,24H,1-3H3,(H,30,34)(H,29,31,32). The molecule has 1 atom stereocenters. The summed E-state index contributed by atoms with van der Waals surface area (Å²) in [6.45, 7) is 3.77. The zero-order valence-corrected chi connectivity index (χ0v) is 19.5. The second-order valence-electron chi connectivity index (χ2n) is 8.32. The van der Waals surface area contributed by atoms with Gasteiger partial charge in [-0.2, -0.15) is 4.98 Å². The largest absolute Gasteiger partial charge is 0.495 e. The molecule has 1 aromatic heterocycles.